The Labute approximate surface area is 197 Å². The van der Waals surface area contributed by atoms with E-state index in [1.807, 2.05) is 0 Å². The molecule has 1 atom stereocenters. The maximum atomic E-state index is 14.4. The maximum absolute atomic E-state index is 14.4. The van der Waals surface area contributed by atoms with Gasteiger partial charge in [-0.25, -0.2) is 8.96 Å². The number of rotatable bonds is 6. The van der Waals surface area contributed by atoms with Gasteiger partial charge in [-0.15, -0.1) is 0 Å². The number of amides is 1. The third-order valence-electron chi connectivity index (χ3n) is 6.05. The van der Waals surface area contributed by atoms with Crippen LogP contribution >= 0.6 is 28.1 Å². The molecule has 4 rings (SSSR count). The van der Waals surface area contributed by atoms with E-state index < -0.39 is 6.10 Å². The van der Waals surface area contributed by atoms with Crippen LogP contribution in [0.1, 0.15) is 42.1 Å². The van der Waals surface area contributed by atoms with Crippen LogP contribution in [0, 0.1) is 10.6 Å². The van der Waals surface area contributed by atoms with Gasteiger partial charge in [0.05, 0.1) is 12.1 Å². The molecule has 0 bridgehead atoms. The Morgan fingerprint density at radius 2 is 2.00 bits per heavy atom. The largest absolute Gasteiger partial charge is 0.381 e. The summed E-state index contributed by atoms with van der Waals surface area (Å²) in [5.74, 6) is -0.878. The van der Waals surface area contributed by atoms with Crippen LogP contribution in [0.2, 0.25) is 0 Å². The number of hydrogen-bond acceptors (Lipinski definition) is 6. The molecule has 4 N–H and O–H groups in total. The maximum Gasteiger partial charge on any atom is 0.375 e. The molecule has 2 aliphatic rings. The van der Waals surface area contributed by atoms with E-state index in [0.717, 1.165) is 9.04 Å². The van der Waals surface area contributed by atoms with Gasteiger partial charge in [-0.2, -0.15) is 0 Å². The number of nitrogens with one attached hydrogen (secondary N) is 1. The SMILES string of the molecule is O=C(Cc1c2n(c(=S)n1C(O)(O)O)CCC2Cc1cc(Br)ccc1F)NC1CCOCC1. The quantitative estimate of drug-likeness (QED) is 0.336. The van der Waals surface area contributed by atoms with E-state index in [-0.39, 0.29) is 40.6 Å². The molecule has 2 aliphatic heterocycles. The predicted octanol–water partition coefficient (Wildman–Crippen LogP) is 2.03. The zero-order chi connectivity index (χ0) is 23.0. The number of aromatic nitrogens is 2. The van der Waals surface area contributed by atoms with E-state index in [1.54, 1.807) is 16.7 Å². The van der Waals surface area contributed by atoms with Gasteiger partial charge in [0.15, 0.2) is 4.77 Å². The first-order valence-electron chi connectivity index (χ1n) is 10.5. The van der Waals surface area contributed by atoms with Crippen molar-refractivity contribution in [3.8, 4) is 0 Å². The van der Waals surface area contributed by atoms with Gasteiger partial charge in [-0.05, 0) is 61.7 Å². The van der Waals surface area contributed by atoms with Crippen molar-refractivity contribution in [2.45, 2.75) is 56.7 Å². The Hall–Kier alpha value is -1.63. The molecule has 0 spiro atoms. The molecule has 0 radical (unpaired) electrons. The summed E-state index contributed by atoms with van der Waals surface area (Å²) in [5.41, 5.74) is 1.32. The summed E-state index contributed by atoms with van der Waals surface area (Å²) in [4.78, 5) is 12.8. The van der Waals surface area contributed by atoms with Crippen molar-refractivity contribution < 1.29 is 29.2 Å². The smallest absolute Gasteiger partial charge is 0.375 e. The van der Waals surface area contributed by atoms with E-state index in [4.69, 9.17) is 17.0 Å². The van der Waals surface area contributed by atoms with E-state index in [0.29, 0.717) is 56.7 Å². The highest BCUT2D eigenvalue weighted by Crippen LogP contribution is 2.37. The monoisotopic (exact) mass is 529 g/mol. The first-order chi connectivity index (χ1) is 15.1. The molecule has 1 fully saturated rings. The highest BCUT2D eigenvalue weighted by atomic mass is 79.9. The molecule has 174 valence electrons. The van der Waals surface area contributed by atoms with Crippen LogP contribution in [0.25, 0.3) is 0 Å². The molecule has 32 heavy (non-hydrogen) atoms. The van der Waals surface area contributed by atoms with Crippen molar-refractivity contribution in [1.29, 1.82) is 0 Å². The van der Waals surface area contributed by atoms with Crippen molar-refractivity contribution in [3.05, 3.63) is 50.2 Å². The second-order valence-corrected chi connectivity index (χ2v) is 9.54. The average Bonchev–Trinajstić information content (AvgIpc) is 3.25. The number of halogens is 2. The molecule has 0 saturated carbocycles. The molecular weight excluding hydrogens is 505 g/mol. The van der Waals surface area contributed by atoms with Gasteiger partial charge in [-0.3, -0.25) is 4.79 Å². The fraction of sp³-hybridized carbons (Fsp3) is 0.524. The number of imidazole rings is 1. The molecule has 2 aromatic rings. The summed E-state index contributed by atoms with van der Waals surface area (Å²) in [6, 6.07) is 4.68. The second kappa shape index (κ2) is 9.32. The number of carbonyl (C=O) groups excluding carboxylic acids is 1. The zero-order valence-corrected chi connectivity index (χ0v) is 19.7. The molecule has 8 nitrogen and oxygen atoms in total. The first-order valence-corrected chi connectivity index (χ1v) is 11.7. The molecule has 11 heteroatoms. The summed E-state index contributed by atoms with van der Waals surface area (Å²) in [6.45, 7) is 1.60. The van der Waals surface area contributed by atoms with Crippen LogP contribution in [0.5, 0.6) is 0 Å². The van der Waals surface area contributed by atoms with Crippen molar-refractivity contribution in [1.82, 2.24) is 14.5 Å². The summed E-state index contributed by atoms with van der Waals surface area (Å²) in [5, 5.41) is 32.9. The summed E-state index contributed by atoms with van der Waals surface area (Å²) < 4.78 is 22.9. The van der Waals surface area contributed by atoms with Crippen molar-refractivity contribution >= 4 is 34.1 Å². The van der Waals surface area contributed by atoms with E-state index in [1.165, 1.54) is 6.07 Å². The summed E-state index contributed by atoms with van der Waals surface area (Å²) in [7, 11) is 0. The van der Waals surface area contributed by atoms with Crippen molar-refractivity contribution in [3.63, 3.8) is 0 Å². The Morgan fingerprint density at radius 3 is 2.69 bits per heavy atom. The standard InChI is InChI=1S/C21H25BrFN3O5S/c22-14-1-2-16(23)13(10-14)9-12-3-6-25-19(12)17(26(20(25)32)21(28,29)30)11-18(27)24-15-4-7-31-8-5-15/h1-2,10,12,15,28-30H,3-9,11H2,(H,24,27). The molecule has 3 heterocycles. The molecule has 1 amide bonds. The topological polar surface area (TPSA) is 109 Å². The lowest BCUT2D eigenvalue weighted by atomic mass is 9.93. The predicted molar refractivity (Wildman–Crippen MR) is 119 cm³/mol. The van der Waals surface area contributed by atoms with Gasteiger partial charge >= 0.3 is 6.10 Å². The fourth-order valence-corrected chi connectivity index (χ4v) is 5.45. The normalized spacial score (nSPS) is 19.2. The highest BCUT2D eigenvalue weighted by molar-refractivity contribution is 9.10. The number of nitrogens with zero attached hydrogens (tertiary/aromatic N) is 2. The molecular formula is C21H25BrFN3O5S. The van der Waals surface area contributed by atoms with Crippen LogP contribution in [0.15, 0.2) is 22.7 Å². The Bertz CT molecular complexity index is 1070. The Kier molecular flexibility index (Phi) is 6.85. The number of benzene rings is 1. The lowest BCUT2D eigenvalue weighted by Crippen LogP contribution is -2.41. The fourth-order valence-electron chi connectivity index (χ4n) is 4.62. The third-order valence-corrected chi connectivity index (χ3v) is 6.95. The molecule has 1 aromatic carbocycles. The molecule has 1 unspecified atom stereocenters. The van der Waals surface area contributed by atoms with Gasteiger partial charge < -0.3 is 29.9 Å². The number of aliphatic hydroxyl groups is 3. The van der Waals surface area contributed by atoms with E-state index in [2.05, 4.69) is 21.2 Å². The Morgan fingerprint density at radius 1 is 1.28 bits per heavy atom. The van der Waals surface area contributed by atoms with Crippen molar-refractivity contribution in [2.24, 2.45) is 0 Å². The third kappa shape index (κ3) is 4.82. The average molecular weight is 530 g/mol. The van der Waals surface area contributed by atoms with Gasteiger partial charge in [0, 0.05) is 41.9 Å². The van der Waals surface area contributed by atoms with Gasteiger partial charge in [0.25, 0.3) is 0 Å². The zero-order valence-electron chi connectivity index (χ0n) is 17.3. The number of fused-ring (bicyclic) bond motifs is 1. The number of ether oxygens (including phenoxy) is 1. The van der Waals surface area contributed by atoms with Crippen LogP contribution in [-0.2, 0) is 35.0 Å². The van der Waals surface area contributed by atoms with Crippen LogP contribution < -0.4 is 5.32 Å². The highest BCUT2D eigenvalue weighted by Gasteiger charge is 2.37. The number of hydrogen-bond donors (Lipinski definition) is 4. The second-order valence-electron chi connectivity index (χ2n) is 8.26. The van der Waals surface area contributed by atoms with Gasteiger partial charge in [-0.1, -0.05) is 15.9 Å². The van der Waals surface area contributed by atoms with E-state index in [9.17, 15) is 24.5 Å². The summed E-state index contributed by atoms with van der Waals surface area (Å²) in [6.07, 6.45) is -1.08. The van der Waals surface area contributed by atoms with Crippen LogP contribution in [0.4, 0.5) is 4.39 Å². The minimum absolute atomic E-state index is 0.00131. The molecule has 0 aliphatic carbocycles. The van der Waals surface area contributed by atoms with Crippen LogP contribution in [-0.4, -0.2) is 49.6 Å². The first kappa shape index (κ1) is 23.5. The lowest BCUT2D eigenvalue weighted by Gasteiger charge is -2.24. The van der Waals surface area contributed by atoms with Gasteiger partial charge in [0.2, 0.25) is 5.91 Å². The minimum atomic E-state index is -3.26. The van der Waals surface area contributed by atoms with Crippen LogP contribution in [0.3, 0.4) is 0 Å². The summed E-state index contributed by atoms with van der Waals surface area (Å²) >= 11 is 8.74. The molecule has 1 aromatic heterocycles. The van der Waals surface area contributed by atoms with Gasteiger partial charge in [0.1, 0.15) is 5.82 Å². The lowest BCUT2D eigenvalue weighted by molar-refractivity contribution is -0.376. The van der Waals surface area contributed by atoms with E-state index >= 15 is 0 Å². The van der Waals surface area contributed by atoms with Crippen molar-refractivity contribution in [2.75, 3.05) is 13.2 Å². The number of carbonyl (C=O) groups is 1. The minimum Gasteiger partial charge on any atom is -0.381 e. The Balaban J connectivity index is 1.67. The molecule has 1 saturated heterocycles.